The molecule has 7 nitrogen and oxygen atoms in total. The van der Waals surface area contributed by atoms with E-state index in [2.05, 4.69) is 20.1 Å². The van der Waals surface area contributed by atoms with Crippen molar-refractivity contribution in [3.05, 3.63) is 25.3 Å². The van der Waals surface area contributed by atoms with Crippen molar-refractivity contribution in [3.63, 3.8) is 0 Å². The smallest absolute Gasteiger partial charge is 0.310 e. The van der Waals surface area contributed by atoms with Gasteiger partial charge in [0.15, 0.2) is 0 Å². The maximum absolute atomic E-state index is 14.3. The average molecular weight is 493 g/mol. The number of rotatable bonds is 10. The summed E-state index contributed by atoms with van der Waals surface area (Å²) in [5, 5.41) is 10.1. The van der Waals surface area contributed by atoms with Crippen molar-refractivity contribution in [2.24, 2.45) is 17.8 Å². The SMILES string of the molecule is C=CCCOC(=O)[C@@H]1[C@H]2C(=O)N([C@@H](CC)CO)C(C(=O)N(CC=C)C(C)(C)C)C23S[C@@H]1CC3C. The summed E-state index contributed by atoms with van der Waals surface area (Å²) in [5.74, 6) is -1.88. The van der Waals surface area contributed by atoms with E-state index in [1.165, 1.54) is 0 Å². The summed E-state index contributed by atoms with van der Waals surface area (Å²) >= 11 is 1.62. The molecule has 3 saturated heterocycles. The molecule has 0 aliphatic carbocycles. The van der Waals surface area contributed by atoms with Crippen LogP contribution in [-0.4, -0.2) is 80.1 Å². The lowest BCUT2D eigenvalue weighted by atomic mass is 9.66. The number of carbonyl (C=O) groups is 3. The van der Waals surface area contributed by atoms with E-state index in [1.807, 2.05) is 27.7 Å². The molecule has 3 aliphatic rings. The molecule has 1 spiro atoms. The van der Waals surface area contributed by atoms with Crippen LogP contribution in [0.2, 0.25) is 0 Å². The molecule has 2 bridgehead atoms. The maximum Gasteiger partial charge on any atom is 0.310 e. The summed E-state index contributed by atoms with van der Waals surface area (Å²) < 4.78 is 4.81. The van der Waals surface area contributed by atoms with Crippen LogP contribution in [0, 0.1) is 17.8 Å². The van der Waals surface area contributed by atoms with Gasteiger partial charge in [-0.1, -0.05) is 26.0 Å². The van der Waals surface area contributed by atoms with Gasteiger partial charge in [0.1, 0.15) is 6.04 Å². The molecule has 0 saturated carbocycles. The van der Waals surface area contributed by atoms with Crippen LogP contribution in [0.5, 0.6) is 0 Å². The van der Waals surface area contributed by atoms with Crippen LogP contribution in [0.1, 0.15) is 53.9 Å². The van der Waals surface area contributed by atoms with Crippen molar-refractivity contribution in [2.45, 2.75) is 81.5 Å². The molecule has 0 aromatic heterocycles. The lowest BCUT2D eigenvalue weighted by Gasteiger charge is -2.45. The van der Waals surface area contributed by atoms with E-state index in [1.54, 1.807) is 33.7 Å². The molecule has 34 heavy (non-hydrogen) atoms. The summed E-state index contributed by atoms with van der Waals surface area (Å²) in [6.45, 7) is 17.8. The van der Waals surface area contributed by atoms with Gasteiger partial charge < -0.3 is 19.6 Å². The van der Waals surface area contributed by atoms with E-state index in [0.717, 1.165) is 6.42 Å². The summed E-state index contributed by atoms with van der Waals surface area (Å²) in [5.41, 5.74) is -0.483. The molecule has 3 rings (SSSR count). The molecule has 0 radical (unpaired) electrons. The zero-order valence-corrected chi connectivity index (χ0v) is 22.0. The van der Waals surface area contributed by atoms with Crippen LogP contribution in [0.25, 0.3) is 0 Å². The fraction of sp³-hybridized carbons (Fsp3) is 0.731. The van der Waals surface area contributed by atoms with Gasteiger partial charge in [-0.15, -0.1) is 24.9 Å². The highest BCUT2D eigenvalue weighted by molar-refractivity contribution is 8.02. The van der Waals surface area contributed by atoms with E-state index in [9.17, 15) is 19.5 Å². The van der Waals surface area contributed by atoms with E-state index < -0.39 is 34.2 Å². The molecular formula is C26H40N2O5S. The number of fused-ring (bicyclic) bond motifs is 1. The first-order valence-corrected chi connectivity index (χ1v) is 13.2. The predicted molar refractivity (Wildman–Crippen MR) is 134 cm³/mol. The number of likely N-dealkylation sites (tertiary alicyclic amines) is 1. The molecule has 3 aliphatic heterocycles. The Morgan fingerprint density at radius 2 is 2.03 bits per heavy atom. The number of esters is 1. The van der Waals surface area contributed by atoms with Gasteiger partial charge in [-0.3, -0.25) is 14.4 Å². The number of ether oxygens (including phenoxy) is 1. The number of amides is 2. The van der Waals surface area contributed by atoms with Crippen molar-refractivity contribution in [2.75, 3.05) is 19.8 Å². The minimum atomic E-state index is -0.753. The quantitative estimate of drug-likeness (QED) is 0.287. The highest BCUT2D eigenvalue weighted by Crippen LogP contribution is 2.69. The van der Waals surface area contributed by atoms with Gasteiger partial charge in [0, 0.05) is 17.3 Å². The normalized spacial score (nSPS) is 32.9. The number of hydrogen-bond donors (Lipinski definition) is 1. The van der Waals surface area contributed by atoms with E-state index in [-0.39, 0.29) is 42.2 Å². The molecular weight excluding hydrogens is 452 g/mol. The second kappa shape index (κ2) is 10.1. The number of aliphatic hydroxyl groups is 1. The number of thioether (sulfide) groups is 1. The minimum Gasteiger partial charge on any atom is -0.465 e. The molecule has 7 atom stereocenters. The van der Waals surface area contributed by atoms with Crippen LogP contribution in [0.15, 0.2) is 25.3 Å². The van der Waals surface area contributed by atoms with Crippen molar-refractivity contribution in [3.8, 4) is 0 Å². The zero-order valence-electron chi connectivity index (χ0n) is 21.2. The maximum atomic E-state index is 14.3. The van der Waals surface area contributed by atoms with Gasteiger partial charge in [0.2, 0.25) is 11.8 Å². The molecule has 8 heteroatoms. The van der Waals surface area contributed by atoms with Crippen LogP contribution in [-0.2, 0) is 19.1 Å². The Balaban J connectivity index is 2.11. The van der Waals surface area contributed by atoms with Gasteiger partial charge in [-0.25, -0.2) is 0 Å². The average Bonchev–Trinajstić information content (AvgIpc) is 3.36. The molecule has 3 fully saturated rings. The van der Waals surface area contributed by atoms with E-state index in [0.29, 0.717) is 19.4 Å². The van der Waals surface area contributed by atoms with Gasteiger partial charge in [0.25, 0.3) is 0 Å². The van der Waals surface area contributed by atoms with Gasteiger partial charge in [-0.2, -0.15) is 0 Å². The summed E-state index contributed by atoms with van der Waals surface area (Å²) in [6.07, 6.45) is 5.21. The topological polar surface area (TPSA) is 87.1 Å². The minimum absolute atomic E-state index is 0.0608. The van der Waals surface area contributed by atoms with Crippen LogP contribution in [0.3, 0.4) is 0 Å². The largest absolute Gasteiger partial charge is 0.465 e. The second-order valence-electron chi connectivity index (χ2n) is 10.7. The summed E-state index contributed by atoms with van der Waals surface area (Å²) in [7, 11) is 0. The molecule has 1 N–H and O–H groups in total. The highest BCUT2D eigenvalue weighted by Gasteiger charge is 2.77. The summed E-state index contributed by atoms with van der Waals surface area (Å²) in [6, 6.07) is -1.24. The number of carbonyl (C=O) groups excluding carboxylic acids is 3. The van der Waals surface area contributed by atoms with Crippen molar-refractivity contribution < 1.29 is 24.2 Å². The van der Waals surface area contributed by atoms with Crippen molar-refractivity contribution in [1.82, 2.24) is 9.80 Å². The van der Waals surface area contributed by atoms with Crippen molar-refractivity contribution in [1.29, 1.82) is 0 Å². The Labute approximate surface area is 208 Å². The van der Waals surface area contributed by atoms with Gasteiger partial charge in [-0.05, 0) is 46.0 Å². The molecule has 0 aromatic carbocycles. The predicted octanol–water partition coefficient (Wildman–Crippen LogP) is 3.03. The Hall–Kier alpha value is -1.80. The lowest BCUT2D eigenvalue weighted by molar-refractivity contribution is -0.155. The molecule has 2 amide bonds. The number of hydrogen-bond acceptors (Lipinski definition) is 6. The second-order valence-corrected chi connectivity index (χ2v) is 12.2. The lowest BCUT2D eigenvalue weighted by Crippen LogP contribution is -2.61. The van der Waals surface area contributed by atoms with Crippen LogP contribution < -0.4 is 0 Å². The first-order valence-electron chi connectivity index (χ1n) is 12.3. The van der Waals surface area contributed by atoms with Gasteiger partial charge in [0.05, 0.1) is 35.8 Å². The fourth-order valence-corrected chi connectivity index (χ4v) is 8.51. The first kappa shape index (κ1) is 26.8. The van der Waals surface area contributed by atoms with E-state index in [4.69, 9.17) is 4.74 Å². The molecule has 190 valence electrons. The van der Waals surface area contributed by atoms with Crippen LogP contribution >= 0.6 is 11.8 Å². The third-order valence-corrected chi connectivity index (χ3v) is 9.79. The monoisotopic (exact) mass is 492 g/mol. The Morgan fingerprint density at radius 1 is 1.35 bits per heavy atom. The fourth-order valence-electron chi connectivity index (χ4n) is 6.12. The van der Waals surface area contributed by atoms with Crippen molar-refractivity contribution >= 4 is 29.5 Å². The molecule has 0 aromatic rings. The van der Waals surface area contributed by atoms with Gasteiger partial charge >= 0.3 is 5.97 Å². The van der Waals surface area contributed by atoms with Crippen LogP contribution in [0.4, 0.5) is 0 Å². The number of nitrogens with zero attached hydrogens (tertiary/aromatic N) is 2. The standard InChI is InChI=1S/C26H40N2O5S/c1-8-11-13-33-24(32)19-18-14-16(4)26(34-18)20(19)22(30)28(17(10-3)15-29)21(26)23(31)27(12-9-2)25(5,6)7/h8-9,16-21,29H,1-2,10-15H2,3-7H3/t16?,17-,18+,19-,20-,21?,26?/m0/s1. The molecule has 3 heterocycles. The third kappa shape index (κ3) is 4.11. The van der Waals surface area contributed by atoms with E-state index >= 15 is 0 Å². The Kier molecular flexibility index (Phi) is 7.92. The highest BCUT2D eigenvalue weighted by atomic mass is 32.2. The Morgan fingerprint density at radius 3 is 2.56 bits per heavy atom. The first-order chi connectivity index (χ1) is 16.0. The molecule has 3 unspecified atom stereocenters. The Bertz CT molecular complexity index is 836. The number of aliphatic hydroxyl groups excluding tert-OH is 1. The zero-order chi connectivity index (χ0) is 25.4. The third-order valence-electron chi connectivity index (χ3n) is 7.72. The summed E-state index contributed by atoms with van der Waals surface area (Å²) in [4.78, 5) is 44.9.